The summed E-state index contributed by atoms with van der Waals surface area (Å²) in [5, 5.41) is 22.1. The molecule has 0 radical (unpaired) electrons. The molecule has 1 aliphatic heterocycles. The van der Waals surface area contributed by atoms with Gasteiger partial charge in [0.05, 0.1) is 36.0 Å². The van der Waals surface area contributed by atoms with Gasteiger partial charge in [-0.15, -0.1) is 0 Å². The molecule has 1 aliphatic rings. The van der Waals surface area contributed by atoms with E-state index in [9.17, 15) is 14.7 Å². The van der Waals surface area contributed by atoms with Crippen LogP contribution in [0, 0.1) is 0 Å². The first-order valence-corrected chi connectivity index (χ1v) is 7.72. The Balaban J connectivity index is 2.41. The Bertz CT molecular complexity index is 692. The van der Waals surface area contributed by atoms with Crippen molar-refractivity contribution in [2.45, 2.75) is 0 Å². The highest BCUT2D eigenvalue weighted by molar-refractivity contribution is 9.10. The number of anilines is 1. The average Bonchev–Trinajstić information content (AvgIpc) is 2.81. The molecular formula is C14H14BrClN2O5. The summed E-state index contributed by atoms with van der Waals surface area (Å²) >= 11 is 9.08. The first-order chi connectivity index (χ1) is 10.9. The molecule has 0 saturated carbocycles. The summed E-state index contributed by atoms with van der Waals surface area (Å²) in [5.41, 5.74) is 0.260. The number of benzene rings is 1. The van der Waals surface area contributed by atoms with Crippen molar-refractivity contribution in [3.63, 3.8) is 0 Å². The predicted molar refractivity (Wildman–Crippen MR) is 87.1 cm³/mol. The predicted octanol–water partition coefficient (Wildman–Crippen LogP) is 1.48. The lowest BCUT2D eigenvalue weighted by atomic mass is 10.2. The van der Waals surface area contributed by atoms with Crippen LogP contribution in [0.4, 0.5) is 5.69 Å². The minimum absolute atomic E-state index is 0.0108. The molecule has 1 amide bonds. The van der Waals surface area contributed by atoms with Crippen LogP contribution in [0.5, 0.6) is 5.75 Å². The van der Waals surface area contributed by atoms with Crippen molar-refractivity contribution in [1.29, 1.82) is 0 Å². The average molecular weight is 406 g/mol. The maximum atomic E-state index is 12.4. The van der Waals surface area contributed by atoms with Crippen LogP contribution in [0.1, 0.15) is 0 Å². The second-order valence-electron chi connectivity index (χ2n) is 4.70. The van der Waals surface area contributed by atoms with Gasteiger partial charge >= 0.3 is 5.97 Å². The third-order valence-corrected chi connectivity index (χ3v) is 4.06. The standard InChI is InChI=1S/C14H14BrClN2O5/c1-23-14(22)8-6-18(2-3-19)13(21)11(8)17-10-5-7(16)4-9(15)12(10)20/h4-5,17,19-20H,2-3,6H2,1H3. The highest BCUT2D eigenvalue weighted by Crippen LogP contribution is 2.37. The van der Waals surface area contributed by atoms with Crippen molar-refractivity contribution in [3.05, 3.63) is 32.9 Å². The molecule has 1 aromatic carbocycles. The van der Waals surface area contributed by atoms with E-state index in [1.807, 2.05) is 0 Å². The monoisotopic (exact) mass is 404 g/mol. The summed E-state index contributed by atoms with van der Waals surface area (Å²) in [6, 6.07) is 2.91. The van der Waals surface area contributed by atoms with Crippen LogP contribution in [-0.2, 0) is 14.3 Å². The Morgan fingerprint density at radius 1 is 1.52 bits per heavy atom. The van der Waals surface area contributed by atoms with Crippen molar-refractivity contribution in [2.75, 3.05) is 32.1 Å². The molecule has 0 aromatic heterocycles. The largest absolute Gasteiger partial charge is 0.505 e. The number of methoxy groups -OCH3 is 1. The maximum Gasteiger partial charge on any atom is 0.337 e. The summed E-state index contributed by atoms with van der Waals surface area (Å²) < 4.78 is 5.02. The SMILES string of the molecule is COC(=O)C1=C(Nc2cc(Cl)cc(Br)c2O)C(=O)N(CCO)C1. The van der Waals surface area contributed by atoms with Gasteiger partial charge in [-0.05, 0) is 28.1 Å². The molecule has 2 rings (SSSR count). The number of aliphatic hydroxyl groups is 1. The molecule has 0 unspecified atom stereocenters. The lowest BCUT2D eigenvalue weighted by Gasteiger charge is -2.15. The van der Waals surface area contributed by atoms with Gasteiger partial charge in [0.1, 0.15) is 5.70 Å². The molecule has 1 heterocycles. The Kier molecular flexibility index (Phi) is 5.51. The molecule has 1 aromatic rings. The van der Waals surface area contributed by atoms with Gasteiger partial charge in [-0.3, -0.25) is 4.79 Å². The van der Waals surface area contributed by atoms with Crippen molar-refractivity contribution in [3.8, 4) is 5.75 Å². The normalized spacial score (nSPS) is 14.4. The number of amides is 1. The highest BCUT2D eigenvalue weighted by atomic mass is 79.9. The molecule has 0 aliphatic carbocycles. The van der Waals surface area contributed by atoms with Gasteiger partial charge in [0.25, 0.3) is 5.91 Å². The number of phenols is 1. The molecule has 0 bridgehead atoms. The summed E-state index contributed by atoms with van der Waals surface area (Å²) in [4.78, 5) is 25.5. The maximum absolute atomic E-state index is 12.4. The van der Waals surface area contributed by atoms with E-state index in [-0.39, 0.29) is 42.4 Å². The van der Waals surface area contributed by atoms with E-state index in [0.717, 1.165) is 0 Å². The summed E-state index contributed by atoms with van der Waals surface area (Å²) in [6.45, 7) is -0.145. The zero-order chi connectivity index (χ0) is 17.1. The second kappa shape index (κ2) is 7.20. The first-order valence-electron chi connectivity index (χ1n) is 6.55. The van der Waals surface area contributed by atoms with Crippen LogP contribution in [0.3, 0.4) is 0 Å². The number of aromatic hydroxyl groups is 1. The van der Waals surface area contributed by atoms with Crippen LogP contribution in [0.2, 0.25) is 5.02 Å². The zero-order valence-electron chi connectivity index (χ0n) is 12.1. The first kappa shape index (κ1) is 17.6. The van der Waals surface area contributed by atoms with Crippen LogP contribution in [0.15, 0.2) is 27.9 Å². The number of ether oxygens (including phenoxy) is 1. The Labute approximate surface area is 145 Å². The fourth-order valence-corrected chi connectivity index (χ4v) is 2.96. The van der Waals surface area contributed by atoms with Crippen LogP contribution >= 0.6 is 27.5 Å². The zero-order valence-corrected chi connectivity index (χ0v) is 14.4. The van der Waals surface area contributed by atoms with Crippen molar-refractivity contribution >= 4 is 45.1 Å². The molecule has 0 fully saturated rings. The van der Waals surface area contributed by atoms with E-state index in [0.29, 0.717) is 9.50 Å². The van der Waals surface area contributed by atoms with E-state index >= 15 is 0 Å². The Hall–Kier alpha value is -1.77. The number of hydrogen-bond donors (Lipinski definition) is 3. The number of nitrogens with one attached hydrogen (secondary N) is 1. The number of esters is 1. The van der Waals surface area contributed by atoms with E-state index in [1.165, 1.54) is 24.1 Å². The summed E-state index contributed by atoms with van der Waals surface area (Å²) in [6.07, 6.45) is 0. The molecule has 0 spiro atoms. The number of halogens is 2. The van der Waals surface area contributed by atoms with Gasteiger partial charge in [0.15, 0.2) is 5.75 Å². The number of phenolic OH excluding ortho intramolecular Hbond substituents is 1. The Morgan fingerprint density at radius 3 is 2.83 bits per heavy atom. The molecular weight excluding hydrogens is 392 g/mol. The Morgan fingerprint density at radius 2 is 2.22 bits per heavy atom. The molecule has 23 heavy (non-hydrogen) atoms. The number of β-amino-alcohol motifs (C(OH)–C–C–N with tert-alkyl or cyclic N) is 1. The summed E-state index contributed by atoms with van der Waals surface area (Å²) in [5.74, 6) is -1.30. The number of hydrogen-bond acceptors (Lipinski definition) is 6. The molecule has 3 N–H and O–H groups in total. The third-order valence-electron chi connectivity index (χ3n) is 3.24. The van der Waals surface area contributed by atoms with Gasteiger partial charge in [-0.1, -0.05) is 11.6 Å². The smallest absolute Gasteiger partial charge is 0.337 e. The van der Waals surface area contributed by atoms with E-state index in [4.69, 9.17) is 16.7 Å². The molecule has 0 saturated heterocycles. The molecule has 9 heteroatoms. The number of carbonyl (C=O) groups is 2. The highest BCUT2D eigenvalue weighted by Gasteiger charge is 2.34. The summed E-state index contributed by atoms with van der Waals surface area (Å²) in [7, 11) is 1.21. The number of aliphatic hydroxyl groups excluding tert-OH is 1. The quantitative estimate of drug-likeness (QED) is 0.507. The fraction of sp³-hybridized carbons (Fsp3) is 0.286. The fourth-order valence-electron chi connectivity index (χ4n) is 2.14. The van der Waals surface area contributed by atoms with Crippen molar-refractivity contribution in [2.24, 2.45) is 0 Å². The minimum atomic E-state index is -0.665. The molecule has 124 valence electrons. The van der Waals surface area contributed by atoms with Crippen molar-refractivity contribution < 1.29 is 24.5 Å². The van der Waals surface area contributed by atoms with Gasteiger partial charge in [0, 0.05) is 11.6 Å². The third kappa shape index (κ3) is 3.60. The number of rotatable bonds is 5. The number of nitrogens with zero attached hydrogens (tertiary/aromatic N) is 1. The molecule has 7 nitrogen and oxygen atoms in total. The van der Waals surface area contributed by atoms with E-state index in [2.05, 4.69) is 26.0 Å². The van der Waals surface area contributed by atoms with Crippen LogP contribution in [0.25, 0.3) is 0 Å². The van der Waals surface area contributed by atoms with Crippen molar-refractivity contribution in [1.82, 2.24) is 4.90 Å². The lowest BCUT2D eigenvalue weighted by Crippen LogP contribution is -2.31. The minimum Gasteiger partial charge on any atom is -0.505 e. The molecule has 0 atom stereocenters. The number of carbonyl (C=O) groups excluding carboxylic acids is 2. The van der Waals surface area contributed by atoms with Crippen LogP contribution < -0.4 is 5.32 Å². The van der Waals surface area contributed by atoms with Gasteiger partial charge in [-0.25, -0.2) is 4.79 Å². The van der Waals surface area contributed by atoms with Gasteiger partial charge < -0.3 is 25.2 Å². The van der Waals surface area contributed by atoms with Crippen LogP contribution in [-0.4, -0.2) is 53.8 Å². The van der Waals surface area contributed by atoms with Gasteiger partial charge in [-0.2, -0.15) is 0 Å². The second-order valence-corrected chi connectivity index (χ2v) is 6.00. The van der Waals surface area contributed by atoms with E-state index < -0.39 is 11.9 Å². The van der Waals surface area contributed by atoms with Gasteiger partial charge in [0.2, 0.25) is 0 Å². The lowest BCUT2D eigenvalue weighted by molar-refractivity contribution is -0.136. The van der Waals surface area contributed by atoms with E-state index in [1.54, 1.807) is 0 Å². The topological polar surface area (TPSA) is 99.1 Å².